The molecule has 0 aliphatic carbocycles. The van der Waals surface area contributed by atoms with Crippen LogP contribution in [0, 0.1) is 3.95 Å². The molecule has 1 atom stereocenters. The van der Waals surface area contributed by atoms with Crippen molar-refractivity contribution >= 4 is 28.7 Å². The van der Waals surface area contributed by atoms with Crippen LogP contribution < -0.4 is 10.1 Å². The van der Waals surface area contributed by atoms with E-state index in [1.807, 2.05) is 11.6 Å². The van der Waals surface area contributed by atoms with Gasteiger partial charge in [0, 0.05) is 18.6 Å². The van der Waals surface area contributed by atoms with Crippen molar-refractivity contribution in [3.05, 3.63) is 33.8 Å². The van der Waals surface area contributed by atoms with Crippen molar-refractivity contribution in [2.24, 2.45) is 0 Å². The maximum Gasteiger partial charge on any atom is 0.204 e. The molecule has 0 bridgehead atoms. The van der Waals surface area contributed by atoms with Crippen LogP contribution in [-0.2, 0) is 6.67 Å². The number of nitrogens with one attached hydrogen (secondary N) is 1. The number of hydrogen-bond donors (Lipinski definition) is 1. The number of likely N-dealkylation sites (tertiary alicyclic amines) is 1. The molecule has 1 aliphatic heterocycles. The summed E-state index contributed by atoms with van der Waals surface area (Å²) in [6, 6.07) is 9.27. The highest BCUT2D eigenvalue weighted by Crippen LogP contribution is 2.33. The van der Waals surface area contributed by atoms with Gasteiger partial charge in [0.05, 0.1) is 13.3 Å². The summed E-state index contributed by atoms with van der Waals surface area (Å²) < 4.78 is 8.31. The number of aromatic nitrogens is 2. The molecule has 1 saturated heterocycles. The number of benzene rings is 1. The molecule has 7 heteroatoms. The summed E-state index contributed by atoms with van der Waals surface area (Å²) in [5.74, 6) is 0.932. The van der Waals surface area contributed by atoms with Gasteiger partial charge in [0.1, 0.15) is 5.75 Å². The van der Waals surface area contributed by atoms with Crippen molar-refractivity contribution in [1.82, 2.24) is 14.7 Å². The summed E-state index contributed by atoms with van der Waals surface area (Å²) in [6.07, 6.45) is 2.37. The van der Waals surface area contributed by atoms with Crippen LogP contribution in [0.15, 0.2) is 24.3 Å². The SMILES string of the molecule is CCOc1ccc([C@@H]2CCCN2Cn2nc(NC(C)C)sc2=S)cc1. The van der Waals surface area contributed by atoms with E-state index in [1.54, 1.807) is 11.3 Å². The smallest absolute Gasteiger partial charge is 0.204 e. The number of hydrogen-bond acceptors (Lipinski definition) is 6. The van der Waals surface area contributed by atoms with E-state index in [0.29, 0.717) is 18.7 Å². The second-order valence-electron chi connectivity index (χ2n) is 6.59. The monoisotopic (exact) mass is 378 g/mol. The molecule has 5 nitrogen and oxygen atoms in total. The van der Waals surface area contributed by atoms with Crippen LogP contribution in [0.4, 0.5) is 5.13 Å². The zero-order valence-corrected chi connectivity index (χ0v) is 16.7. The summed E-state index contributed by atoms with van der Waals surface area (Å²) in [4.78, 5) is 2.46. The molecular weight excluding hydrogens is 352 g/mol. The van der Waals surface area contributed by atoms with Gasteiger partial charge >= 0.3 is 0 Å². The molecule has 0 unspecified atom stereocenters. The van der Waals surface area contributed by atoms with E-state index in [0.717, 1.165) is 28.0 Å². The lowest BCUT2D eigenvalue weighted by molar-refractivity contribution is 0.191. The number of anilines is 1. The van der Waals surface area contributed by atoms with Crippen LogP contribution in [0.25, 0.3) is 0 Å². The molecule has 0 saturated carbocycles. The van der Waals surface area contributed by atoms with E-state index in [9.17, 15) is 0 Å². The van der Waals surface area contributed by atoms with Crippen molar-refractivity contribution in [3.8, 4) is 5.75 Å². The number of nitrogens with zero attached hydrogens (tertiary/aromatic N) is 3. The van der Waals surface area contributed by atoms with Crippen molar-refractivity contribution in [1.29, 1.82) is 0 Å². The van der Waals surface area contributed by atoms with Gasteiger partial charge in [-0.3, -0.25) is 4.90 Å². The van der Waals surface area contributed by atoms with Gasteiger partial charge < -0.3 is 10.1 Å². The summed E-state index contributed by atoms with van der Waals surface area (Å²) >= 11 is 7.04. The Hall–Kier alpha value is -1.44. The summed E-state index contributed by atoms with van der Waals surface area (Å²) in [5.41, 5.74) is 1.34. The van der Waals surface area contributed by atoms with Gasteiger partial charge in [0.15, 0.2) is 3.95 Å². The molecule has 2 heterocycles. The Morgan fingerprint density at radius 2 is 2.12 bits per heavy atom. The Labute approximate surface area is 158 Å². The Bertz CT molecular complexity index is 738. The molecule has 1 aromatic heterocycles. The largest absolute Gasteiger partial charge is 0.494 e. The molecule has 0 radical (unpaired) electrons. The van der Waals surface area contributed by atoms with Crippen molar-refractivity contribution < 1.29 is 4.74 Å². The van der Waals surface area contributed by atoms with E-state index >= 15 is 0 Å². The van der Waals surface area contributed by atoms with E-state index < -0.39 is 0 Å². The third-order valence-electron chi connectivity index (χ3n) is 4.27. The minimum Gasteiger partial charge on any atom is -0.494 e. The summed E-state index contributed by atoms with van der Waals surface area (Å²) in [6.45, 7) is 8.74. The van der Waals surface area contributed by atoms with Crippen LogP contribution >= 0.6 is 23.6 Å². The molecule has 0 spiro atoms. The first kappa shape index (κ1) is 18.4. The maximum atomic E-state index is 5.55. The Morgan fingerprint density at radius 1 is 1.36 bits per heavy atom. The Kier molecular flexibility index (Phi) is 6.09. The minimum atomic E-state index is 0.359. The van der Waals surface area contributed by atoms with Crippen molar-refractivity contribution in [3.63, 3.8) is 0 Å². The molecule has 3 rings (SSSR count). The maximum absolute atomic E-state index is 5.55. The van der Waals surface area contributed by atoms with Crippen LogP contribution in [0.2, 0.25) is 0 Å². The number of rotatable bonds is 7. The Morgan fingerprint density at radius 3 is 2.80 bits per heavy atom. The van der Waals surface area contributed by atoms with Crippen LogP contribution in [-0.4, -0.2) is 33.9 Å². The third kappa shape index (κ3) is 4.59. The quantitative estimate of drug-likeness (QED) is 0.708. The van der Waals surface area contributed by atoms with E-state index in [-0.39, 0.29) is 0 Å². The average molecular weight is 379 g/mol. The fraction of sp³-hybridized carbons (Fsp3) is 0.556. The van der Waals surface area contributed by atoms with Gasteiger partial charge in [-0.15, -0.1) is 5.10 Å². The molecule has 136 valence electrons. The lowest BCUT2D eigenvalue weighted by Crippen LogP contribution is -2.27. The first-order valence-electron chi connectivity index (χ1n) is 8.88. The Balaban J connectivity index is 1.71. The van der Waals surface area contributed by atoms with Gasteiger partial charge in [-0.2, -0.15) is 0 Å². The van der Waals surface area contributed by atoms with Crippen LogP contribution in [0.5, 0.6) is 5.75 Å². The molecule has 2 aromatic rings. The van der Waals surface area contributed by atoms with Gasteiger partial charge in [-0.25, -0.2) is 4.68 Å². The minimum absolute atomic E-state index is 0.359. The normalized spacial score (nSPS) is 18.0. The number of ether oxygens (including phenoxy) is 1. The molecule has 1 fully saturated rings. The average Bonchev–Trinajstić information content (AvgIpc) is 3.15. The topological polar surface area (TPSA) is 42.3 Å². The first-order chi connectivity index (χ1) is 12.1. The standard InChI is InChI=1S/C18H26N4OS2/c1-4-23-15-9-7-14(8-10-15)16-6-5-11-21(16)12-22-18(24)25-17(20-22)19-13(2)3/h7-10,13,16H,4-6,11-12H2,1-3H3,(H,19,20)/t16-/m0/s1. The highest BCUT2D eigenvalue weighted by Gasteiger charge is 2.26. The highest BCUT2D eigenvalue weighted by atomic mass is 32.1. The zero-order chi connectivity index (χ0) is 17.8. The van der Waals surface area contributed by atoms with E-state index in [1.165, 1.54) is 18.4 Å². The highest BCUT2D eigenvalue weighted by molar-refractivity contribution is 7.73. The van der Waals surface area contributed by atoms with Gasteiger partial charge in [0.2, 0.25) is 5.13 Å². The fourth-order valence-electron chi connectivity index (χ4n) is 3.20. The van der Waals surface area contributed by atoms with Crippen molar-refractivity contribution in [2.75, 3.05) is 18.5 Å². The van der Waals surface area contributed by atoms with Gasteiger partial charge in [-0.1, -0.05) is 23.5 Å². The predicted molar refractivity (Wildman–Crippen MR) is 106 cm³/mol. The molecule has 1 aliphatic rings. The van der Waals surface area contributed by atoms with Gasteiger partial charge in [0.25, 0.3) is 0 Å². The van der Waals surface area contributed by atoms with Crippen LogP contribution in [0.1, 0.15) is 45.2 Å². The lowest BCUT2D eigenvalue weighted by Gasteiger charge is -2.24. The summed E-state index contributed by atoms with van der Waals surface area (Å²) in [5, 5.41) is 8.88. The first-order valence-corrected chi connectivity index (χ1v) is 10.1. The van der Waals surface area contributed by atoms with E-state index in [4.69, 9.17) is 17.0 Å². The second-order valence-corrected chi connectivity index (χ2v) is 8.21. The van der Waals surface area contributed by atoms with Crippen LogP contribution in [0.3, 0.4) is 0 Å². The molecular formula is C18H26N4OS2. The molecule has 25 heavy (non-hydrogen) atoms. The third-order valence-corrected chi connectivity index (χ3v) is 5.51. The van der Waals surface area contributed by atoms with E-state index in [2.05, 4.69) is 53.4 Å². The fourth-order valence-corrected chi connectivity index (χ4v) is 4.34. The van der Waals surface area contributed by atoms with Crippen molar-refractivity contribution in [2.45, 2.75) is 52.4 Å². The second kappa shape index (κ2) is 8.29. The molecule has 0 amide bonds. The zero-order valence-electron chi connectivity index (χ0n) is 15.1. The lowest BCUT2D eigenvalue weighted by atomic mass is 10.0. The predicted octanol–water partition coefficient (Wildman–Crippen LogP) is 4.69. The molecule has 1 aromatic carbocycles. The van der Waals surface area contributed by atoms with Gasteiger partial charge in [-0.05, 0) is 63.5 Å². The molecule has 1 N–H and O–H groups in total. The summed E-state index contributed by atoms with van der Waals surface area (Å²) in [7, 11) is 0.